The smallest absolute Gasteiger partial charge is 0.388 e. The molecule has 8 nitrogen and oxygen atoms in total. The van der Waals surface area contributed by atoms with E-state index in [1.807, 2.05) is 0 Å². The Morgan fingerprint density at radius 3 is 2.26 bits per heavy atom. The Kier molecular flexibility index (Phi) is 12.8. The molecular formula is C22H36ClF3N4O4. The van der Waals surface area contributed by atoms with E-state index in [9.17, 15) is 23.4 Å². The third-order valence-corrected chi connectivity index (χ3v) is 5.88. The zero-order chi connectivity index (χ0) is 25.0. The molecular weight excluding hydrogens is 477 g/mol. The number of rotatable bonds is 15. The largest absolute Gasteiger partial charge is 0.451 e. The summed E-state index contributed by atoms with van der Waals surface area (Å²) in [5.41, 5.74) is 5.48. The SMILES string of the molecule is NCCCCCCCCCCCOC[C@H]1OC[C@H](Nc2cc(Cl)nc(C(F)(F)F)n2)[C@@H](O)[C@H]1O. The maximum absolute atomic E-state index is 12.9. The summed E-state index contributed by atoms with van der Waals surface area (Å²) in [6.45, 7) is 1.36. The fourth-order valence-corrected chi connectivity index (χ4v) is 3.93. The minimum Gasteiger partial charge on any atom is -0.388 e. The van der Waals surface area contributed by atoms with E-state index in [0.717, 1.165) is 38.3 Å². The monoisotopic (exact) mass is 512 g/mol. The highest BCUT2D eigenvalue weighted by Crippen LogP contribution is 2.29. The van der Waals surface area contributed by atoms with Crippen molar-refractivity contribution in [2.45, 2.75) is 88.3 Å². The van der Waals surface area contributed by atoms with Crippen molar-refractivity contribution in [3.63, 3.8) is 0 Å². The third-order valence-electron chi connectivity index (χ3n) is 5.69. The first-order valence-electron chi connectivity index (χ1n) is 11.9. The van der Waals surface area contributed by atoms with Crippen LogP contribution in [0, 0.1) is 0 Å². The number of anilines is 1. The molecule has 0 spiro atoms. The molecule has 196 valence electrons. The number of alkyl halides is 3. The summed E-state index contributed by atoms with van der Waals surface area (Å²) in [5, 5.41) is 23.0. The van der Waals surface area contributed by atoms with E-state index in [-0.39, 0.29) is 19.0 Å². The van der Waals surface area contributed by atoms with Crippen molar-refractivity contribution in [1.82, 2.24) is 9.97 Å². The van der Waals surface area contributed by atoms with Gasteiger partial charge in [-0.05, 0) is 19.4 Å². The molecule has 0 aromatic carbocycles. The van der Waals surface area contributed by atoms with Gasteiger partial charge >= 0.3 is 6.18 Å². The van der Waals surface area contributed by atoms with Gasteiger partial charge in [-0.1, -0.05) is 56.5 Å². The molecule has 1 aliphatic heterocycles. The molecule has 1 aromatic heterocycles. The summed E-state index contributed by atoms with van der Waals surface area (Å²) in [6.07, 6.45) is 2.28. The zero-order valence-electron chi connectivity index (χ0n) is 19.3. The molecule has 1 aromatic rings. The summed E-state index contributed by atoms with van der Waals surface area (Å²) < 4.78 is 49.8. The van der Waals surface area contributed by atoms with Gasteiger partial charge in [0, 0.05) is 12.7 Å². The number of aliphatic hydroxyl groups excluding tert-OH is 2. The Balaban J connectivity index is 1.64. The molecule has 0 amide bonds. The Labute approximate surface area is 203 Å². The molecule has 0 saturated carbocycles. The fourth-order valence-electron chi connectivity index (χ4n) is 3.75. The first-order valence-corrected chi connectivity index (χ1v) is 12.2. The van der Waals surface area contributed by atoms with Crippen molar-refractivity contribution >= 4 is 17.4 Å². The van der Waals surface area contributed by atoms with E-state index in [4.69, 9.17) is 26.8 Å². The molecule has 0 radical (unpaired) electrons. The van der Waals surface area contributed by atoms with Crippen molar-refractivity contribution in [1.29, 1.82) is 0 Å². The average Bonchev–Trinajstić information content (AvgIpc) is 2.78. The predicted octanol–water partition coefficient (Wildman–Crippen LogP) is 3.54. The quantitative estimate of drug-likeness (QED) is 0.208. The third kappa shape index (κ3) is 10.2. The van der Waals surface area contributed by atoms with Crippen LogP contribution in [0.2, 0.25) is 5.15 Å². The summed E-state index contributed by atoms with van der Waals surface area (Å²) in [4.78, 5) is 6.53. The second-order valence-corrected chi connectivity index (χ2v) is 8.93. The van der Waals surface area contributed by atoms with Crippen LogP contribution < -0.4 is 11.1 Å². The molecule has 5 N–H and O–H groups in total. The molecule has 2 rings (SSSR count). The minimum atomic E-state index is -4.77. The lowest BCUT2D eigenvalue weighted by Gasteiger charge is -2.38. The number of unbranched alkanes of at least 4 members (excludes halogenated alkanes) is 8. The fraction of sp³-hybridized carbons (Fsp3) is 0.818. The van der Waals surface area contributed by atoms with E-state index in [1.54, 1.807) is 0 Å². The lowest BCUT2D eigenvalue weighted by atomic mass is 9.98. The van der Waals surface area contributed by atoms with Gasteiger partial charge in [-0.2, -0.15) is 13.2 Å². The van der Waals surface area contributed by atoms with Crippen LogP contribution in [0.1, 0.15) is 63.6 Å². The number of aliphatic hydroxyl groups is 2. The molecule has 2 heterocycles. The summed E-state index contributed by atoms with van der Waals surface area (Å²) in [6, 6.07) is 0.223. The second kappa shape index (κ2) is 15.0. The van der Waals surface area contributed by atoms with E-state index in [1.165, 1.54) is 32.1 Å². The van der Waals surface area contributed by atoms with Crippen LogP contribution in [0.5, 0.6) is 0 Å². The number of halogens is 4. The molecule has 0 unspecified atom stereocenters. The van der Waals surface area contributed by atoms with Crippen LogP contribution in [0.25, 0.3) is 0 Å². The number of aromatic nitrogens is 2. The first kappa shape index (κ1) is 29.0. The van der Waals surface area contributed by atoms with Gasteiger partial charge < -0.3 is 30.7 Å². The van der Waals surface area contributed by atoms with Crippen molar-refractivity contribution < 1.29 is 32.9 Å². The molecule has 1 fully saturated rings. The van der Waals surface area contributed by atoms with Gasteiger partial charge in [0.15, 0.2) is 0 Å². The maximum atomic E-state index is 12.9. The summed E-state index contributed by atoms with van der Waals surface area (Å²) in [7, 11) is 0. The highest BCUT2D eigenvalue weighted by atomic mass is 35.5. The molecule has 0 bridgehead atoms. The van der Waals surface area contributed by atoms with Crippen molar-refractivity contribution in [2.75, 3.05) is 31.7 Å². The minimum absolute atomic E-state index is 0.0551. The van der Waals surface area contributed by atoms with Gasteiger partial charge in [0.05, 0.1) is 19.3 Å². The second-order valence-electron chi connectivity index (χ2n) is 8.55. The van der Waals surface area contributed by atoms with Gasteiger partial charge in [-0.25, -0.2) is 9.97 Å². The highest BCUT2D eigenvalue weighted by molar-refractivity contribution is 6.29. The van der Waals surface area contributed by atoms with Gasteiger partial charge in [-0.15, -0.1) is 0 Å². The molecule has 12 heteroatoms. The number of hydrogen-bond donors (Lipinski definition) is 4. The first-order chi connectivity index (χ1) is 16.2. The molecule has 0 aliphatic carbocycles. The van der Waals surface area contributed by atoms with Crippen LogP contribution in [-0.4, -0.2) is 70.9 Å². The van der Waals surface area contributed by atoms with E-state index >= 15 is 0 Å². The average molecular weight is 513 g/mol. The van der Waals surface area contributed by atoms with Crippen LogP contribution in [-0.2, 0) is 15.7 Å². The number of ether oxygens (including phenoxy) is 2. The Morgan fingerprint density at radius 2 is 1.65 bits per heavy atom. The lowest BCUT2D eigenvalue weighted by Crippen LogP contribution is -2.57. The van der Waals surface area contributed by atoms with Crippen molar-refractivity contribution in [3.8, 4) is 0 Å². The predicted molar refractivity (Wildman–Crippen MR) is 123 cm³/mol. The number of hydrogen-bond acceptors (Lipinski definition) is 8. The van der Waals surface area contributed by atoms with Crippen molar-refractivity contribution in [3.05, 3.63) is 17.0 Å². The standard InChI is InChI=1S/C22H36ClF3N4O4/c23-17-12-18(30-21(29-17)22(24,25)26)28-15-13-34-16(20(32)19(15)31)14-33-11-9-7-5-3-1-2-4-6-8-10-27/h12,15-16,19-20,31-32H,1-11,13-14,27H2,(H,28,29,30)/t15-,16+,19+,20-/m0/s1. The Hall–Kier alpha value is -1.24. The number of nitrogens with two attached hydrogens (primary N) is 1. The Morgan fingerprint density at radius 1 is 1.03 bits per heavy atom. The molecule has 1 aliphatic rings. The van der Waals surface area contributed by atoms with Gasteiger partial charge in [0.2, 0.25) is 5.82 Å². The van der Waals surface area contributed by atoms with Gasteiger partial charge in [-0.3, -0.25) is 0 Å². The molecule has 4 atom stereocenters. The summed E-state index contributed by atoms with van der Waals surface area (Å²) in [5.74, 6) is -1.62. The lowest BCUT2D eigenvalue weighted by molar-refractivity contribution is -0.159. The summed E-state index contributed by atoms with van der Waals surface area (Å²) >= 11 is 5.65. The zero-order valence-corrected chi connectivity index (χ0v) is 20.0. The van der Waals surface area contributed by atoms with Gasteiger partial charge in [0.25, 0.3) is 0 Å². The van der Waals surface area contributed by atoms with E-state index in [0.29, 0.717) is 6.61 Å². The normalized spacial score (nSPS) is 23.3. The van der Waals surface area contributed by atoms with Crippen LogP contribution in [0.15, 0.2) is 6.07 Å². The topological polar surface area (TPSA) is 123 Å². The number of nitrogens with one attached hydrogen (secondary N) is 1. The van der Waals surface area contributed by atoms with Gasteiger partial charge in [0.1, 0.15) is 29.3 Å². The van der Waals surface area contributed by atoms with Crippen molar-refractivity contribution in [2.24, 2.45) is 5.73 Å². The molecule has 1 saturated heterocycles. The van der Waals surface area contributed by atoms with Crippen LogP contribution in [0.3, 0.4) is 0 Å². The Bertz CT molecular complexity index is 717. The van der Waals surface area contributed by atoms with Crippen LogP contribution in [0.4, 0.5) is 19.0 Å². The maximum Gasteiger partial charge on any atom is 0.451 e. The molecule has 34 heavy (non-hydrogen) atoms. The van der Waals surface area contributed by atoms with E-state index < -0.39 is 41.5 Å². The van der Waals surface area contributed by atoms with E-state index in [2.05, 4.69) is 15.3 Å². The number of nitrogens with zero attached hydrogens (tertiary/aromatic N) is 2. The van der Waals surface area contributed by atoms with Crippen LogP contribution >= 0.6 is 11.6 Å². The highest BCUT2D eigenvalue weighted by Gasteiger charge is 2.39.